The monoisotopic (exact) mass is 524 g/mol. The molecule has 2 bridgehead atoms. The molecule has 0 unspecified atom stereocenters. The maximum absolute atomic E-state index is 14.9. The second-order valence-corrected chi connectivity index (χ2v) is 10.7. The first-order valence-corrected chi connectivity index (χ1v) is 12.1. The van der Waals surface area contributed by atoms with Crippen LogP contribution in [0.5, 0.6) is 5.75 Å². The van der Waals surface area contributed by atoms with Crippen LogP contribution in [0.2, 0.25) is 5.02 Å². The second-order valence-electron chi connectivity index (χ2n) is 10.2. The van der Waals surface area contributed by atoms with Crippen molar-refractivity contribution in [2.45, 2.75) is 69.7 Å². The van der Waals surface area contributed by atoms with Gasteiger partial charge in [0.15, 0.2) is 12.6 Å². The molecule has 2 aliphatic rings. The van der Waals surface area contributed by atoms with E-state index in [1.165, 1.54) is 12.0 Å². The molecule has 36 heavy (non-hydrogen) atoms. The summed E-state index contributed by atoms with van der Waals surface area (Å²) in [6.45, 7) is 5.23. The molecule has 0 aliphatic carbocycles. The number of hydrogen-bond donors (Lipinski definition) is 0. The quantitative estimate of drug-likeness (QED) is 0.469. The van der Waals surface area contributed by atoms with Gasteiger partial charge in [0.05, 0.1) is 5.69 Å². The van der Waals surface area contributed by atoms with Gasteiger partial charge >= 0.3 is 6.09 Å². The van der Waals surface area contributed by atoms with Crippen molar-refractivity contribution < 1.29 is 27.8 Å². The van der Waals surface area contributed by atoms with Gasteiger partial charge in [0.25, 0.3) is 5.92 Å². The smallest absolute Gasteiger partial charge is 0.411 e. The van der Waals surface area contributed by atoms with E-state index in [-0.39, 0.29) is 25.7 Å². The topological polar surface area (TPSA) is 77.0 Å². The summed E-state index contributed by atoms with van der Waals surface area (Å²) >= 11 is 6.10. The normalized spacial score (nSPS) is 22.9. The largest absolute Gasteiger partial charge is 0.467 e. The zero-order valence-corrected chi connectivity index (χ0v) is 21.8. The van der Waals surface area contributed by atoms with Crippen LogP contribution in [0.25, 0.3) is 11.3 Å². The Bertz CT molecular complexity index is 1100. The lowest BCUT2D eigenvalue weighted by Gasteiger charge is -2.42. The van der Waals surface area contributed by atoms with Gasteiger partial charge in [0.2, 0.25) is 0 Å². The Morgan fingerprint density at radius 3 is 2.58 bits per heavy atom. The lowest BCUT2D eigenvalue weighted by Crippen LogP contribution is -2.55. The molecular formula is C25H31ClF2N4O4. The summed E-state index contributed by atoms with van der Waals surface area (Å²) in [5.41, 5.74) is 0.512. The predicted molar refractivity (Wildman–Crippen MR) is 132 cm³/mol. The van der Waals surface area contributed by atoms with Gasteiger partial charge in [-0.05, 0) is 63.9 Å². The van der Waals surface area contributed by atoms with E-state index in [9.17, 15) is 13.6 Å². The molecule has 1 aromatic carbocycles. The number of ether oxygens (including phenoxy) is 3. The molecule has 196 valence electrons. The number of piperidine rings is 1. The van der Waals surface area contributed by atoms with E-state index in [2.05, 4.69) is 10.2 Å². The number of nitrogens with zero attached hydrogens (tertiary/aromatic N) is 4. The molecule has 1 amide bonds. The SMILES string of the molecule is COCOc1cc(Cl)ccc1-c1ccc(N(C)[C@@H]2C[C@@H]3CC(F)(F)[C@@H](C2)N3C(=O)OC(C)(C)C)nn1. The van der Waals surface area contributed by atoms with Crippen LogP contribution in [-0.4, -0.2) is 71.8 Å². The van der Waals surface area contributed by atoms with Crippen molar-refractivity contribution in [2.75, 3.05) is 25.9 Å². The summed E-state index contributed by atoms with van der Waals surface area (Å²) in [5, 5.41) is 9.20. The Morgan fingerprint density at radius 2 is 1.97 bits per heavy atom. The number of anilines is 1. The van der Waals surface area contributed by atoms with Crippen LogP contribution < -0.4 is 9.64 Å². The number of rotatable bonds is 6. The fraction of sp³-hybridized carbons (Fsp3) is 0.560. The van der Waals surface area contributed by atoms with Gasteiger partial charge in [-0.15, -0.1) is 10.2 Å². The van der Waals surface area contributed by atoms with Crippen molar-refractivity contribution in [2.24, 2.45) is 0 Å². The van der Waals surface area contributed by atoms with Gasteiger partial charge in [-0.25, -0.2) is 13.6 Å². The van der Waals surface area contributed by atoms with Crippen LogP contribution in [0.1, 0.15) is 40.0 Å². The lowest BCUT2D eigenvalue weighted by molar-refractivity contribution is -0.0492. The summed E-state index contributed by atoms with van der Waals surface area (Å²) in [6.07, 6.45) is -0.562. The number of fused-ring (bicyclic) bond motifs is 2. The Hall–Kier alpha value is -2.72. The third kappa shape index (κ3) is 5.49. The van der Waals surface area contributed by atoms with E-state index in [4.69, 9.17) is 25.8 Å². The molecule has 2 aromatic rings. The summed E-state index contributed by atoms with van der Waals surface area (Å²) in [4.78, 5) is 15.8. The number of methoxy groups -OCH3 is 1. The molecule has 0 spiro atoms. The number of hydrogen-bond acceptors (Lipinski definition) is 7. The number of aromatic nitrogens is 2. The van der Waals surface area contributed by atoms with E-state index in [1.54, 1.807) is 51.1 Å². The molecule has 3 heterocycles. The molecular weight excluding hydrogens is 494 g/mol. The Labute approximate surface area is 214 Å². The number of carbonyl (C=O) groups is 1. The first-order valence-electron chi connectivity index (χ1n) is 11.8. The molecule has 3 atom stereocenters. The zero-order chi connectivity index (χ0) is 26.3. The fourth-order valence-corrected chi connectivity index (χ4v) is 5.02. The van der Waals surface area contributed by atoms with Crippen molar-refractivity contribution in [3.63, 3.8) is 0 Å². The number of amides is 1. The van der Waals surface area contributed by atoms with Gasteiger partial charge in [0, 0.05) is 43.2 Å². The minimum absolute atomic E-state index is 0.0521. The molecule has 1 aromatic heterocycles. The molecule has 2 fully saturated rings. The van der Waals surface area contributed by atoms with Crippen LogP contribution in [0.15, 0.2) is 30.3 Å². The molecule has 4 rings (SSSR count). The summed E-state index contributed by atoms with van der Waals surface area (Å²) < 4.78 is 45.7. The Kier molecular flexibility index (Phi) is 7.30. The van der Waals surface area contributed by atoms with Crippen LogP contribution in [0, 0.1) is 0 Å². The minimum atomic E-state index is -2.97. The van der Waals surface area contributed by atoms with Crippen molar-refractivity contribution in [1.29, 1.82) is 0 Å². The van der Waals surface area contributed by atoms with E-state index in [1.807, 2.05) is 11.9 Å². The molecule has 0 N–H and O–H groups in total. The molecule has 2 aliphatic heterocycles. The highest BCUT2D eigenvalue weighted by atomic mass is 35.5. The van der Waals surface area contributed by atoms with Gasteiger partial charge in [-0.3, -0.25) is 4.90 Å². The number of halogens is 3. The third-order valence-electron chi connectivity index (χ3n) is 6.48. The van der Waals surface area contributed by atoms with Gasteiger partial charge in [-0.1, -0.05) is 11.6 Å². The highest BCUT2D eigenvalue weighted by Gasteiger charge is 2.60. The van der Waals surface area contributed by atoms with Crippen molar-refractivity contribution in [1.82, 2.24) is 15.1 Å². The number of carbonyl (C=O) groups excluding carboxylic acids is 1. The zero-order valence-electron chi connectivity index (χ0n) is 21.0. The third-order valence-corrected chi connectivity index (χ3v) is 6.71. The van der Waals surface area contributed by atoms with Gasteiger partial charge in [0.1, 0.15) is 17.4 Å². The maximum atomic E-state index is 14.9. The standard InChI is InChI=1S/C25H31ClF2N4O4/c1-24(2,3)36-23(33)32-17-11-16(12-21(32)25(27,28)13-17)31(4)22-9-8-19(29-30-22)18-7-6-15(26)10-20(18)35-14-34-5/h6-10,16-17,21H,11-14H2,1-5H3/t16-,17-,21-/m1/s1. The maximum Gasteiger partial charge on any atom is 0.411 e. The second kappa shape index (κ2) is 9.97. The molecule has 11 heteroatoms. The molecule has 2 saturated heterocycles. The van der Waals surface area contributed by atoms with E-state index in [0.717, 1.165) is 0 Å². The van der Waals surface area contributed by atoms with Crippen LogP contribution in [0.4, 0.5) is 19.4 Å². The van der Waals surface area contributed by atoms with E-state index in [0.29, 0.717) is 34.3 Å². The highest BCUT2D eigenvalue weighted by molar-refractivity contribution is 6.30. The first-order chi connectivity index (χ1) is 16.9. The van der Waals surface area contributed by atoms with Crippen molar-refractivity contribution in [3.05, 3.63) is 35.4 Å². The fourth-order valence-electron chi connectivity index (χ4n) is 4.86. The van der Waals surface area contributed by atoms with Gasteiger partial charge < -0.3 is 19.1 Å². The lowest BCUT2D eigenvalue weighted by atomic mass is 9.96. The van der Waals surface area contributed by atoms with Crippen LogP contribution in [-0.2, 0) is 9.47 Å². The van der Waals surface area contributed by atoms with Crippen LogP contribution >= 0.6 is 11.6 Å². The Balaban J connectivity index is 1.51. The summed E-state index contributed by atoms with van der Waals surface area (Å²) in [6, 6.07) is 6.70. The predicted octanol–water partition coefficient (Wildman–Crippen LogP) is 5.39. The highest BCUT2D eigenvalue weighted by Crippen LogP contribution is 2.47. The average molecular weight is 525 g/mol. The number of alkyl halides is 2. The Morgan fingerprint density at radius 1 is 1.22 bits per heavy atom. The number of benzene rings is 1. The van der Waals surface area contributed by atoms with E-state index >= 15 is 0 Å². The van der Waals surface area contributed by atoms with E-state index < -0.39 is 29.7 Å². The van der Waals surface area contributed by atoms with Gasteiger partial charge in [-0.2, -0.15) is 0 Å². The summed E-state index contributed by atoms with van der Waals surface area (Å²) in [7, 11) is 3.33. The molecule has 0 radical (unpaired) electrons. The minimum Gasteiger partial charge on any atom is -0.467 e. The first kappa shape index (κ1) is 26.3. The van der Waals surface area contributed by atoms with Crippen molar-refractivity contribution in [3.8, 4) is 17.0 Å². The molecule has 8 nitrogen and oxygen atoms in total. The average Bonchev–Trinajstić information content (AvgIpc) is 2.96. The molecule has 0 saturated carbocycles. The van der Waals surface area contributed by atoms with Crippen molar-refractivity contribution >= 4 is 23.5 Å². The van der Waals surface area contributed by atoms with Crippen LogP contribution in [0.3, 0.4) is 0 Å². The summed E-state index contributed by atoms with van der Waals surface area (Å²) in [5.74, 6) is -1.92.